The molecule has 2 fully saturated rings. The molecule has 0 aromatic heterocycles. The van der Waals surface area contributed by atoms with Crippen LogP contribution in [0.5, 0.6) is 0 Å². The molecule has 0 aromatic rings. The molecular weight excluding hydrogens is 220 g/mol. The van der Waals surface area contributed by atoms with Crippen LogP contribution in [0, 0.1) is 5.41 Å². The first-order valence-electron chi connectivity index (χ1n) is 6.20. The van der Waals surface area contributed by atoms with Gasteiger partial charge in [-0.3, -0.25) is 4.79 Å². The first-order valence-corrected chi connectivity index (χ1v) is 7.42. The quantitative estimate of drug-likeness (QED) is 0.768. The molecule has 0 heterocycles. The average Bonchev–Trinajstić information content (AvgIpc) is 2.94. The number of carbonyl (C=O) groups excluding carboxylic acids is 1. The minimum Gasteiger partial charge on any atom is -0.354 e. The van der Waals surface area contributed by atoms with Gasteiger partial charge in [0.25, 0.3) is 0 Å². The number of nitrogens with one attached hydrogen (secondary N) is 1. The summed E-state index contributed by atoms with van der Waals surface area (Å²) in [6, 6.07) is 0. The van der Waals surface area contributed by atoms with Crippen molar-refractivity contribution < 1.29 is 4.79 Å². The molecule has 2 aliphatic rings. The lowest BCUT2D eigenvalue weighted by Gasteiger charge is -2.27. The Bertz CT molecular complexity index is 270. The maximum Gasteiger partial charge on any atom is 0.227 e. The highest BCUT2D eigenvalue weighted by Crippen LogP contribution is 2.46. The van der Waals surface area contributed by atoms with Gasteiger partial charge in [0.1, 0.15) is 0 Å². The fourth-order valence-corrected chi connectivity index (χ4v) is 3.32. The van der Waals surface area contributed by atoms with Crippen molar-refractivity contribution in [2.75, 3.05) is 19.3 Å². The largest absolute Gasteiger partial charge is 0.354 e. The van der Waals surface area contributed by atoms with E-state index < -0.39 is 0 Å². The minimum atomic E-state index is -0.242. The molecule has 0 radical (unpaired) electrons. The number of amides is 1. The molecule has 4 heteroatoms. The van der Waals surface area contributed by atoms with Crippen molar-refractivity contribution in [3.63, 3.8) is 0 Å². The first kappa shape index (κ1) is 12.2. The predicted octanol–water partition coefficient (Wildman–Crippen LogP) is 1.52. The zero-order valence-electron chi connectivity index (χ0n) is 10.1. The maximum absolute atomic E-state index is 12.2. The predicted molar refractivity (Wildman–Crippen MR) is 68.4 cm³/mol. The van der Waals surface area contributed by atoms with Gasteiger partial charge in [-0.25, -0.2) is 0 Å². The standard InChI is InChI=1S/C12H22N2OS/c1-16-12(6-7-12)9-14-10(15)11(8-13)4-2-3-5-11/h2-9,13H2,1H3,(H,14,15). The Morgan fingerprint density at radius 2 is 1.94 bits per heavy atom. The molecule has 16 heavy (non-hydrogen) atoms. The Labute approximate surface area is 102 Å². The third-order valence-corrected chi connectivity index (χ3v) is 5.66. The number of thioether (sulfide) groups is 1. The third-order valence-electron chi connectivity index (χ3n) is 4.24. The van der Waals surface area contributed by atoms with Gasteiger partial charge >= 0.3 is 0 Å². The Morgan fingerprint density at radius 3 is 2.38 bits per heavy atom. The van der Waals surface area contributed by atoms with Gasteiger partial charge in [0, 0.05) is 17.8 Å². The third kappa shape index (κ3) is 2.23. The molecular formula is C12H22N2OS. The molecule has 1 amide bonds. The van der Waals surface area contributed by atoms with E-state index in [0.29, 0.717) is 11.3 Å². The van der Waals surface area contributed by atoms with Gasteiger partial charge in [-0.15, -0.1) is 0 Å². The highest BCUT2D eigenvalue weighted by Gasteiger charge is 2.44. The highest BCUT2D eigenvalue weighted by molar-refractivity contribution is 8.00. The van der Waals surface area contributed by atoms with Crippen LogP contribution < -0.4 is 11.1 Å². The summed E-state index contributed by atoms with van der Waals surface area (Å²) in [7, 11) is 0. The van der Waals surface area contributed by atoms with E-state index in [1.807, 2.05) is 11.8 Å². The van der Waals surface area contributed by atoms with E-state index in [1.54, 1.807) is 0 Å². The lowest BCUT2D eigenvalue weighted by Crippen LogP contribution is -2.46. The summed E-state index contributed by atoms with van der Waals surface area (Å²) in [5.74, 6) is 0.202. The molecule has 2 aliphatic carbocycles. The fraction of sp³-hybridized carbons (Fsp3) is 0.917. The van der Waals surface area contributed by atoms with Crippen LogP contribution in [0.1, 0.15) is 38.5 Å². The van der Waals surface area contributed by atoms with Gasteiger partial charge < -0.3 is 11.1 Å². The summed E-state index contributed by atoms with van der Waals surface area (Å²) >= 11 is 1.88. The molecule has 0 bridgehead atoms. The molecule has 0 saturated heterocycles. The van der Waals surface area contributed by atoms with Crippen molar-refractivity contribution in [3.05, 3.63) is 0 Å². The fourth-order valence-electron chi connectivity index (χ4n) is 2.60. The number of carbonyl (C=O) groups is 1. The average molecular weight is 242 g/mol. The van der Waals surface area contributed by atoms with Gasteiger partial charge in [0.05, 0.1) is 5.41 Å². The van der Waals surface area contributed by atoms with E-state index in [-0.39, 0.29) is 11.3 Å². The Balaban J connectivity index is 1.87. The smallest absolute Gasteiger partial charge is 0.227 e. The van der Waals surface area contributed by atoms with Crippen LogP contribution in [0.15, 0.2) is 0 Å². The molecule has 3 N–H and O–H groups in total. The lowest BCUT2D eigenvalue weighted by molar-refractivity contribution is -0.130. The summed E-state index contributed by atoms with van der Waals surface area (Å²) in [6.07, 6.45) is 8.86. The van der Waals surface area contributed by atoms with E-state index in [9.17, 15) is 4.79 Å². The summed E-state index contributed by atoms with van der Waals surface area (Å²) in [6.45, 7) is 1.33. The van der Waals surface area contributed by atoms with Crippen molar-refractivity contribution in [1.82, 2.24) is 5.32 Å². The molecule has 0 spiro atoms. The van der Waals surface area contributed by atoms with Crippen LogP contribution >= 0.6 is 11.8 Å². The number of nitrogens with two attached hydrogens (primary N) is 1. The SMILES string of the molecule is CSC1(CNC(=O)C2(CN)CCCC2)CC1. The second-order valence-electron chi connectivity index (χ2n) is 5.26. The van der Waals surface area contributed by atoms with Gasteiger partial charge in [0.2, 0.25) is 5.91 Å². The molecule has 92 valence electrons. The van der Waals surface area contributed by atoms with E-state index in [4.69, 9.17) is 5.73 Å². The molecule has 2 saturated carbocycles. The van der Waals surface area contributed by atoms with Crippen molar-refractivity contribution in [2.24, 2.45) is 11.1 Å². The van der Waals surface area contributed by atoms with Crippen LogP contribution in [0.3, 0.4) is 0 Å². The Morgan fingerprint density at radius 1 is 1.31 bits per heavy atom. The van der Waals surface area contributed by atoms with Crippen molar-refractivity contribution in [2.45, 2.75) is 43.3 Å². The second kappa shape index (κ2) is 4.57. The van der Waals surface area contributed by atoms with E-state index >= 15 is 0 Å². The monoisotopic (exact) mass is 242 g/mol. The molecule has 0 atom stereocenters. The summed E-state index contributed by atoms with van der Waals surface area (Å²) in [5, 5.41) is 3.13. The first-order chi connectivity index (χ1) is 7.66. The van der Waals surface area contributed by atoms with Gasteiger partial charge in [-0.2, -0.15) is 11.8 Å². The summed E-state index contributed by atoms with van der Waals surface area (Å²) < 4.78 is 0.351. The van der Waals surface area contributed by atoms with Gasteiger partial charge in [0.15, 0.2) is 0 Å². The number of hydrogen-bond donors (Lipinski definition) is 2. The van der Waals surface area contributed by atoms with E-state index in [1.165, 1.54) is 12.8 Å². The van der Waals surface area contributed by atoms with Crippen molar-refractivity contribution in [1.29, 1.82) is 0 Å². The zero-order valence-corrected chi connectivity index (χ0v) is 10.9. The lowest BCUT2D eigenvalue weighted by atomic mass is 9.85. The van der Waals surface area contributed by atoms with Crippen LogP contribution in [-0.4, -0.2) is 30.0 Å². The Kier molecular flexibility index (Phi) is 3.50. The summed E-state index contributed by atoms with van der Waals surface area (Å²) in [5.41, 5.74) is 5.55. The van der Waals surface area contributed by atoms with Gasteiger partial charge in [-0.1, -0.05) is 12.8 Å². The van der Waals surface area contributed by atoms with E-state index in [2.05, 4.69) is 11.6 Å². The molecule has 2 rings (SSSR count). The molecule has 0 unspecified atom stereocenters. The Hall–Kier alpha value is -0.220. The molecule has 0 aliphatic heterocycles. The van der Waals surface area contributed by atoms with Crippen molar-refractivity contribution in [3.8, 4) is 0 Å². The minimum absolute atomic E-state index is 0.202. The second-order valence-corrected chi connectivity index (χ2v) is 6.54. The van der Waals surface area contributed by atoms with Crippen LogP contribution in [0.2, 0.25) is 0 Å². The van der Waals surface area contributed by atoms with Gasteiger partial charge in [-0.05, 0) is 31.9 Å². The van der Waals surface area contributed by atoms with Crippen LogP contribution in [0.4, 0.5) is 0 Å². The maximum atomic E-state index is 12.2. The van der Waals surface area contributed by atoms with Crippen LogP contribution in [-0.2, 0) is 4.79 Å². The topological polar surface area (TPSA) is 55.1 Å². The van der Waals surface area contributed by atoms with E-state index in [0.717, 1.165) is 32.2 Å². The highest BCUT2D eigenvalue weighted by atomic mass is 32.2. The van der Waals surface area contributed by atoms with Crippen LogP contribution in [0.25, 0.3) is 0 Å². The summed E-state index contributed by atoms with van der Waals surface area (Å²) in [4.78, 5) is 12.2. The number of rotatable bonds is 5. The number of hydrogen-bond acceptors (Lipinski definition) is 3. The zero-order chi connectivity index (χ0) is 11.6. The molecule has 3 nitrogen and oxygen atoms in total. The normalized spacial score (nSPS) is 25.4. The van der Waals surface area contributed by atoms with Crippen molar-refractivity contribution >= 4 is 17.7 Å². The molecule has 0 aromatic carbocycles.